The molecule has 0 saturated carbocycles. The molecular weight excluding hydrogens is 406 g/mol. The van der Waals surface area contributed by atoms with Crippen molar-refractivity contribution in [2.24, 2.45) is 0 Å². The molecule has 0 aromatic heterocycles. The molecule has 0 fully saturated rings. The van der Waals surface area contributed by atoms with Gasteiger partial charge in [0.05, 0.1) is 4.90 Å². The number of esters is 1. The lowest BCUT2D eigenvalue weighted by atomic mass is 10.1. The van der Waals surface area contributed by atoms with Gasteiger partial charge in [0.1, 0.15) is 12.0 Å². The van der Waals surface area contributed by atoms with Gasteiger partial charge in [0, 0.05) is 12.8 Å². The maximum atomic E-state index is 11.8. The number of unbranched alkanes of at least 4 members (excludes halogenated alkanes) is 9. The normalized spacial score (nSPS) is 11.4. The second kappa shape index (κ2) is 16.0. The molecule has 0 amide bonds. The van der Waals surface area contributed by atoms with E-state index in [9.17, 15) is 18.0 Å². The monoisotopic (exact) mass is 441 g/mol. The van der Waals surface area contributed by atoms with E-state index in [1.54, 1.807) is 0 Å². The molecule has 170 valence electrons. The first-order valence-electron chi connectivity index (χ1n) is 10.9. The summed E-state index contributed by atoms with van der Waals surface area (Å²) in [6, 6.07) is 5.09. The van der Waals surface area contributed by atoms with Crippen molar-refractivity contribution < 1.29 is 27.3 Å². The van der Waals surface area contributed by atoms with Crippen LogP contribution in [0.25, 0.3) is 0 Å². The SMILES string of the molecule is O=CCCCCCCCCNCCCCCCC(=O)Oc1ccc(S(=O)(=O)O)cc1. The van der Waals surface area contributed by atoms with Crippen LogP contribution in [0, 0.1) is 0 Å². The van der Waals surface area contributed by atoms with Crippen molar-refractivity contribution in [2.75, 3.05) is 13.1 Å². The number of benzene rings is 1. The van der Waals surface area contributed by atoms with Crippen molar-refractivity contribution in [3.63, 3.8) is 0 Å². The Bertz CT molecular complexity index is 703. The Morgan fingerprint density at radius 1 is 0.867 bits per heavy atom. The van der Waals surface area contributed by atoms with Gasteiger partial charge in [-0.1, -0.05) is 38.5 Å². The summed E-state index contributed by atoms with van der Waals surface area (Å²) in [6.07, 6.45) is 12.9. The largest absolute Gasteiger partial charge is 0.427 e. The predicted molar refractivity (Wildman–Crippen MR) is 116 cm³/mol. The van der Waals surface area contributed by atoms with Crippen molar-refractivity contribution in [1.82, 2.24) is 5.32 Å². The highest BCUT2D eigenvalue weighted by molar-refractivity contribution is 7.85. The summed E-state index contributed by atoms with van der Waals surface area (Å²) < 4.78 is 36.0. The molecule has 1 rings (SSSR count). The van der Waals surface area contributed by atoms with Crippen molar-refractivity contribution in [1.29, 1.82) is 0 Å². The lowest BCUT2D eigenvalue weighted by Crippen LogP contribution is -2.16. The highest BCUT2D eigenvalue weighted by atomic mass is 32.2. The first-order valence-corrected chi connectivity index (χ1v) is 12.3. The van der Waals surface area contributed by atoms with Gasteiger partial charge in [-0.2, -0.15) is 8.42 Å². The van der Waals surface area contributed by atoms with Gasteiger partial charge in [0.25, 0.3) is 10.1 Å². The van der Waals surface area contributed by atoms with Crippen LogP contribution in [0.3, 0.4) is 0 Å². The van der Waals surface area contributed by atoms with Crippen molar-refractivity contribution in [3.05, 3.63) is 24.3 Å². The van der Waals surface area contributed by atoms with Gasteiger partial charge in [-0.15, -0.1) is 0 Å². The van der Waals surface area contributed by atoms with Crippen LogP contribution >= 0.6 is 0 Å². The second-order valence-electron chi connectivity index (χ2n) is 7.41. The molecule has 8 heteroatoms. The van der Waals surface area contributed by atoms with E-state index in [-0.39, 0.29) is 16.6 Å². The summed E-state index contributed by atoms with van der Waals surface area (Å²) in [5.74, 6) is -0.0866. The summed E-state index contributed by atoms with van der Waals surface area (Å²) in [6.45, 7) is 2.03. The van der Waals surface area contributed by atoms with Gasteiger partial charge >= 0.3 is 5.97 Å². The standard InChI is InChI=1S/C22H35NO6S/c24-19-11-7-3-1-2-5-9-17-23-18-10-6-4-8-12-22(25)29-20-13-15-21(16-14-20)30(26,27)28/h13-16,19,23H,1-12,17-18H2,(H,26,27,28). The lowest BCUT2D eigenvalue weighted by molar-refractivity contribution is -0.134. The summed E-state index contributed by atoms with van der Waals surface area (Å²) in [5, 5.41) is 3.45. The number of carbonyl (C=O) groups is 2. The Morgan fingerprint density at radius 2 is 1.40 bits per heavy atom. The van der Waals surface area contributed by atoms with Crippen LogP contribution in [0.1, 0.15) is 77.0 Å². The molecule has 0 aliphatic rings. The van der Waals surface area contributed by atoms with E-state index < -0.39 is 10.1 Å². The zero-order chi connectivity index (χ0) is 22.1. The molecule has 1 aromatic carbocycles. The maximum absolute atomic E-state index is 11.8. The average Bonchev–Trinajstić information content (AvgIpc) is 2.70. The molecular formula is C22H35NO6S. The molecule has 0 aliphatic carbocycles. The minimum Gasteiger partial charge on any atom is -0.427 e. The summed E-state index contributed by atoms with van der Waals surface area (Å²) in [5.41, 5.74) is 0. The van der Waals surface area contributed by atoms with Crippen LogP contribution in [-0.2, 0) is 19.7 Å². The van der Waals surface area contributed by atoms with E-state index >= 15 is 0 Å². The smallest absolute Gasteiger partial charge is 0.311 e. The maximum Gasteiger partial charge on any atom is 0.311 e. The van der Waals surface area contributed by atoms with Crippen LogP contribution in [-0.4, -0.2) is 38.3 Å². The fourth-order valence-corrected chi connectivity index (χ4v) is 3.52. The minimum atomic E-state index is -4.24. The van der Waals surface area contributed by atoms with Gasteiger partial charge in [-0.3, -0.25) is 9.35 Å². The predicted octanol–water partition coefficient (Wildman–Crippen LogP) is 4.31. The third-order valence-corrected chi connectivity index (χ3v) is 5.63. The van der Waals surface area contributed by atoms with Gasteiger partial charge in [-0.05, 0) is 63.0 Å². The molecule has 7 nitrogen and oxygen atoms in total. The third kappa shape index (κ3) is 13.5. The molecule has 0 saturated heterocycles. The highest BCUT2D eigenvalue weighted by Gasteiger charge is 2.10. The molecule has 2 N–H and O–H groups in total. The zero-order valence-corrected chi connectivity index (χ0v) is 18.5. The fraction of sp³-hybridized carbons (Fsp3) is 0.636. The summed E-state index contributed by atoms with van der Waals surface area (Å²) in [4.78, 5) is 21.8. The average molecular weight is 442 g/mol. The van der Waals surface area contributed by atoms with Crippen LogP contribution in [0.5, 0.6) is 5.75 Å². The third-order valence-electron chi connectivity index (χ3n) is 4.76. The number of aldehydes is 1. The number of carbonyl (C=O) groups excluding carboxylic acids is 2. The van der Waals surface area contributed by atoms with Crippen LogP contribution in [0.2, 0.25) is 0 Å². The summed E-state index contributed by atoms with van der Waals surface area (Å²) >= 11 is 0. The number of nitrogens with one attached hydrogen (secondary N) is 1. The van der Waals surface area contributed by atoms with Crippen molar-refractivity contribution >= 4 is 22.4 Å². The molecule has 0 aliphatic heterocycles. The Morgan fingerprint density at radius 3 is 1.97 bits per heavy atom. The van der Waals surface area contributed by atoms with E-state index in [2.05, 4.69) is 5.32 Å². The van der Waals surface area contributed by atoms with Gasteiger partial charge < -0.3 is 14.8 Å². The molecule has 0 atom stereocenters. The van der Waals surface area contributed by atoms with Crippen LogP contribution in [0.4, 0.5) is 0 Å². The molecule has 0 radical (unpaired) electrons. The molecule has 0 heterocycles. The Balaban J connectivity index is 1.93. The van der Waals surface area contributed by atoms with Crippen LogP contribution < -0.4 is 10.1 Å². The van der Waals surface area contributed by atoms with Gasteiger partial charge in [0.2, 0.25) is 0 Å². The summed E-state index contributed by atoms with van der Waals surface area (Å²) in [7, 11) is -4.24. The topological polar surface area (TPSA) is 110 Å². The van der Waals surface area contributed by atoms with E-state index in [0.29, 0.717) is 12.8 Å². The van der Waals surface area contributed by atoms with Gasteiger partial charge in [0.15, 0.2) is 0 Å². The molecule has 1 aromatic rings. The molecule has 30 heavy (non-hydrogen) atoms. The molecule has 0 unspecified atom stereocenters. The molecule has 0 spiro atoms. The van der Waals surface area contributed by atoms with E-state index in [1.807, 2.05) is 0 Å². The second-order valence-corrected chi connectivity index (χ2v) is 8.83. The highest BCUT2D eigenvalue weighted by Crippen LogP contribution is 2.16. The number of hydrogen-bond acceptors (Lipinski definition) is 6. The zero-order valence-electron chi connectivity index (χ0n) is 17.7. The first kappa shape index (κ1) is 26.3. The number of rotatable bonds is 18. The first-order chi connectivity index (χ1) is 14.4. The number of hydrogen-bond donors (Lipinski definition) is 2. The number of ether oxygens (including phenoxy) is 1. The fourth-order valence-electron chi connectivity index (χ4n) is 3.04. The lowest BCUT2D eigenvalue weighted by Gasteiger charge is -2.06. The van der Waals surface area contributed by atoms with Crippen molar-refractivity contribution in [3.8, 4) is 5.75 Å². The van der Waals surface area contributed by atoms with Crippen LogP contribution in [0.15, 0.2) is 29.2 Å². The Kier molecular flexibility index (Phi) is 14.0. The Labute approximate surface area is 180 Å². The van der Waals surface area contributed by atoms with E-state index in [0.717, 1.165) is 57.9 Å². The minimum absolute atomic E-state index is 0.234. The molecule has 0 bridgehead atoms. The van der Waals surface area contributed by atoms with Gasteiger partial charge in [-0.25, -0.2) is 0 Å². The quantitative estimate of drug-likeness (QED) is 0.115. The van der Waals surface area contributed by atoms with E-state index in [1.165, 1.54) is 49.9 Å². The van der Waals surface area contributed by atoms with E-state index in [4.69, 9.17) is 9.29 Å². The van der Waals surface area contributed by atoms with Crippen molar-refractivity contribution in [2.45, 2.75) is 81.9 Å². The Hall–Kier alpha value is -1.77.